The summed E-state index contributed by atoms with van der Waals surface area (Å²) in [5.41, 5.74) is 0.595. The molecule has 0 unspecified atom stereocenters. The van der Waals surface area contributed by atoms with Gasteiger partial charge in [0.2, 0.25) is 5.91 Å². The van der Waals surface area contributed by atoms with E-state index in [0.717, 1.165) is 11.5 Å². The minimum atomic E-state index is -0.121. The highest BCUT2D eigenvalue weighted by molar-refractivity contribution is 5.98. The lowest BCUT2D eigenvalue weighted by atomic mass is 10.1. The molecule has 0 aromatic heterocycles. The number of para-hydroxylation sites is 1. The average Bonchev–Trinajstić information content (AvgIpc) is 2.67. The Morgan fingerprint density at radius 3 is 2.27 bits per heavy atom. The van der Waals surface area contributed by atoms with Gasteiger partial charge in [0.15, 0.2) is 5.78 Å². The summed E-state index contributed by atoms with van der Waals surface area (Å²) in [6, 6.07) is 16.5. The van der Waals surface area contributed by atoms with Crippen molar-refractivity contribution < 1.29 is 19.1 Å². The fourth-order valence-corrected chi connectivity index (χ4v) is 2.37. The molecule has 5 heteroatoms. The average molecular weight is 355 g/mol. The van der Waals surface area contributed by atoms with Crippen LogP contribution >= 0.6 is 0 Å². The molecule has 0 bridgehead atoms. The molecule has 0 aliphatic carbocycles. The largest absolute Gasteiger partial charge is 0.494 e. The highest BCUT2D eigenvalue weighted by Crippen LogP contribution is 2.14. The molecule has 26 heavy (non-hydrogen) atoms. The zero-order chi connectivity index (χ0) is 18.6. The number of hydrogen-bond donors (Lipinski definition) is 1. The van der Waals surface area contributed by atoms with Crippen molar-refractivity contribution in [2.75, 3.05) is 19.8 Å². The first-order valence-electron chi connectivity index (χ1n) is 8.89. The molecular formula is C21H25NO4. The summed E-state index contributed by atoms with van der Waals surface area (Å²) in [5, 5.41) is 2.81. The number of amides is 1. The Balaban J connectivity index is 1.59. The van der Waals surface area contributed by atoms with Gasteiger partial charge in [0, 0.05) is 24.9 Å². The maximum absolute atomic E-state index is 12.1. The third-order valence-electron chi connectivity index (χ3n) is 3.72. The van der Waals surface area contributed by atoms with Gasteiger partial charge in [-0.2, -0.15) is 0 Å². The van der Waals surface area contributed by atoms with Crippen LogP contribution in [0.4, 0.5) is 0 Å². The summed E-state index contributed by atoms with van der Waals surface area (Å²) in [7, 11) is 0. The van der Waals surface area contributed by atoms with Crippen LogP contribution in [0, 0.1) is 0 Å². The molecule has 0 radical (unpaired) electrons. The molecule has 1 amide bonds. The molecule has 0 aliphatic heterocycles. The summed E-state index contributed by atoms with van der Waals surface area (Å²) in [6.07, 6.45) is 1.10. The Morgan fingerprint density at radius 1 is 0.885 bits per heavy atom. The lowest BCUT2D eigenvalue weighted by Crippen LogP contribution is -2.25. The third kappa shape index (κ3) is 6.97. The lowest BCUT2D eigenvalue weighted by Gasteiger charge is -2.07. The lowest BCUT2D eigenvalue weighted by molar-refractivity contribution is -0.121. The molecule has 138 valence electrons. The molecule has 2 rings (SSSR count). The molecule has 0 atom stereocenters. The standard InChI is InChI=1S/C21H25NO4/c1-2-25-19-11-9-17(10-12-19)20(23)13-14-21(24)22-15-6-16-26-18-7-4-3-5-8-18/h3-5,7-12H,2,6,13-16H2,1H3,(H,22,24). The van der Waals surface area contributed by atoms with Gasteiger partial charge in [-0.05, 0) is 49.7 Å². The van der Waals surface area contributed by atoms with E-state index in [1.54, 1.807) is 24.3 Å². The summed E-state index contributed by atoms with van der Waals surface area (Å²) in [6.45, 7) is 3.56. The smallest absolute Gasteiger partial charge is 0.220 e. The van der Waals surface area contributed by atoms with E-state index in [-0.39, 0.29) is 24.5 Å². The number of hydrogen-bond acceptors (Lipinski definition) is 4. The number of ketones is 1. The maximum Gasteiger partial charge on any atom is 0.220 e. The fourth-order valence-electron chi connectivity index (χ4n) is 2.37. The quantitative estimate of drug-likeness (QED) is 0.494. The number of ether oxygens (including phenoxy) is 2. The topological polar surface area (TPSA) is 64.6 Å². The van der Waals surface area contributed by atoms with Gasteiger partial charge in [0.1, 0.15) is 11.5 Å². The predicted molar refractivity (Wildman–Crippen MR) is 101 cm³/mol. The van der Waals surface area contributed by atoms with Crippen LogP contribution in [-0.2, 0) is 4.79 Å². The van der Waals surface area contributed by atoms with Crippen LogP contribution in [0.2, 0.25) is 0 Å². The molecule has 0 aliphatic rings. The van der Waals surface area contributed by atoms with Crippen molar-refractivity contribution >= 4 is 11.7 Å². The van der Waals surface area contributed by atoms with Crippen LogP contribution < -0.4 is 14.8 Å². The molecule has 5 nitrogen and oxygen atoms in total. The summed E-state index contributed by atoms with van der Waals surface area (Å²) in [5.74, 6) is 1.39. The van der Waals surface area contributed by atoms with Crippen LogP contribution in [0.3, 0.4) is 0 Å². The highest BCUT2D eigenvalue weighted by Gasteiger charge is 2.09. The molecule has 0 saturated heterocycles. The van der Waals surface area contributed by atoms with Gasteiger partial charge in [-0.15, -0.1) is 0 Å². The first-order valence-corrected chi connectivity index (χ1v) is 8.89. The molecule has 0 fully saturated rings. The number of rotatable bonds is 11. The second kappa shape index (κ2) is 10.9. The SMILES string of the molecule is CCOc1ccc(C(=O)CCC(=O)NCCCOc2ccccc2)cc1. The number of nitrogens with one attached hydrogen (secondary N) is 1. The molecule has 0 spiro atoms. The Bertz CT molecular complexity index is 683. The van der Waals surface area contributed by atoms with Crippen LogP contribution in [0.15, 0.2) is 54.6 Å². The van der Waals surface area contributed by atoms with E-state index >= 15 is 0 Å². The molecule has 0 heterocycles. The van der Waals surface area contributed by atoms with Crippen molar-refractivity contribution in [1.82, 2.24) is 5.32 Å². The summed E-state index contributed by atoms with van der Waals surface area (Å²) < 4.78 is 10.9. The Hall–Kier alpha value is -2.82. The molecule has 2 aromatic carbocycles. The number of carbonyl (C=O) groups is 2. The van der Waals surface area contributed by atoms with Gasteiger partial charge in [0.25, 0.3) is 0 Å². The zero-order valence-corrected chi connectivity index (χ0v) is 15.1. The van der Waals surface area contributed by atoms with Gasteiger partial charge < -0.3 is 14.8 Å². The van der Waals surface area contributed by atoms with Gasteiger partial charge in [-0.1, -0.05) is 18.2 Å². The first-order chi connectivity index (χ1) is 12.7. The monoisotopic (exact) mass is 355 g/mol. The van der Waals surface area contributed by atoms with Crippen molar-refractivity contribution in [3.8, 4) is 11.5 Å². The van der Waals surface area contributed by atoms with Gasteiger partial charge in [-0.25, -0.2) is 0 Å². The summed E-state index contributed by atoms with van der Waals surface area (Å²) >= 11 is 0. The Kier molecular flexibility index (Phi) is 8.19. The van der Waals surface area contributed by atoms with E-state index in [4.69, 9.17) is 9.47 Å². The molecular weight excluding hydrogens is 330 g/mol. The van der Waals surface area contributed by atoms with E-state index in [1.165, 1.54) is 0 Å². The van der Waals surface area contributed by atoms with Crippen LogP contribution in [0.5, 0.6) is 11.5 Å². The number of benzene rings is 2. The maximum atomic E-state index is 12.1. The highest BCUT2D eigenvalue weighted by atomic mass is 16.5. The van der Waals surface area contributed by atoms with Crippen molar-refractivity contribution in [2.45, 2.75) is 26.2 Å². The minimum absolute atomic E-state index is 0.0457. The van der Waals surface area contributed by atoms with Crippen molar-refractivity contribution in [3.05, 3.63) is 60.2 Å². The first kappa shape index (κ1) is 19.5. The Morgan fingerprint density at radius 2 is 1.58 bits per heavy atom. The molecule has 2 aromatic rings. The third-order valence-corrected chi connectivity index (χ3v) is 3.72. The van der Waals surface area contributed by atoms with E-state index in [2.05, 4.69) is 5.32 Å². The fraction of sp³-hybridized carbons (Fsp3) is 0.333. The predicted octanol–water partition coefficient (Wildman–Crippen LogP) is 3.63. The van der Waals surface area contributed by atoms with Gasteiger partial charge >= 0.3 is 0 Å². The Labute approximate surface area is 154 Å². The van der Waals surface area contributed by atoms with Gasteiger partial charge in [0.05, 0.1) is 13.2 Å². The van der Waals surface area contributed by atoms with E-state index < -0.39 is 0 Å². The second-order valence-corrected chi connectivity index (χ2v) is 5.75. The van der Waals surface area contributed by atoms with E-state index in [0.29, 0.717) is 31.7 Å². The van der Waals surface area contributed by atoms with Crippen molar-refractivity contribution in [2.24, 2.45) is 0 Å². The zero-order valence-electron chi connectivity index (χ0n) is 15.1. The molecule has 0 saturated carbocycles. The van der Waals surface area contributed by atoms with Crippen LogP contribution in [-0.4, -0.2) is 31.4 Å². The summed E-state index contributed by atoms with van der Waals surface area (Å²) in [4.78, 5) is 23.9. The van der Waals surface area contributed by atoms with Crippen LogP contribution in [0.1, 0.15) is 36.5 Å². The van der Waals surface area contributed by atoms with E-state index in [1.807, 2.05) is 37.3 Å². The van der Waals surface area contributed by atoms with Crippen LogP contribution in [0.25, 0.3) is 0 Å². The normalized spacial score (nSPS) is 10.2. The van der Waals surface area contributed by atoms with Gasteiger partial charge in [-0.3, -0.25) is 9.59 Å². The molecule has 1 N–H and O–H groups in total. The van der Waals surface area contributed by atoms with Crippen molar-refractivity contribution in [3.63, 3.8) is 0 Å². The second-order valence-electron chi connectivity index (χ2n) is 5.75. The minimum Gasteiger partial charge on any atom is -0.494 e. The number of Topliss-reactive ketones (excluding diaryl/α,β-unsaturated/α-hetero) is 1. The number of carbonyl (C=O) groups excluding carboxylic acids is 2. The van der Waals surface area contributed by atoms with Crippen molar-refractivity contribution in [1.29, 1.82) is 0 Å². The van der Waals surface area contributed by atoms with E-state index in [9.17, 15) is 9.59 Å².